The lowest BCUT2D eigenvalue weighted by atomic mass is 10.1. The third-order valence-electron chi connectivity index (χ3n) is 3.81. The Balaban J connectivity index is 1.71. The first-order valence-corrected chi connectivity index (χ1v) is 9.58. The molecular formula is C12H21NO4S2. The van der Waals surface area contributed by atoms with Crippen molar-refractivity contribution in [3.05, 3.63) is 0 Å². The summed E-state index contributed by atoms with van der Waals surface area (Å²) in [5.41, 5.74) is 0. The van der Waals surface area contributed by atoms with E-state index in [9.17, 15) is 13.2 Å². The van der Waals surface area contributed by atoms with Crippen LogP contribution < -0.4 is 0 Å². The Morgan fingerprint density at radius 3 is 2.79 bits per heavy atom. The average Bonchev–Trinajstić information content (AvgIpc) is 2.93. The molecule has 0 radical (unpaired) electrons. The van der Waals surface area contributed by atoms with Crippen molar-refractivity contribution < 1.29 is 18.3 Å². The Kier molecular flexibility index (Phi) is 5.14. The minimum absolute atomic E-state index is 0.0878. The van der Waals surface area contributed by atoms with Gasteiger partial charge in [-0.15, -0.1) is 11.8 Å². The summed E-state index contributed by atoms with van der Waals surface area (Å²) in [6.07, 6.45) is 2.40. The topological polar surface area (TPSA) is 74.7 Å². The molecule has 0 aromatic carbocycles. The predicted octanol–water partition coefficient (Wildman–Crippen LogP) is 0.138. The van der Waals surface area contributed by atoms with Gasteiger partial charge in [-0.25, -0.2) is 8.42 Å². The number of hydrogen-bond acceptors (Lipinski definition) is 5. The van der Waals surface area contributed by atoms with E-state index in [1.807, 2.05) is 4.90 Å². The zero-order valence-corrected chi connectivity index (χ0v) is 12.6. The van der Waals surface area contributed by atoms with E-state index in [0.717, 1.165) is 25.9 Å². The summed E-state index contributed by atoms with van der Waals surface area (Å²) in [6, 6.07) is 0. The lowest BCUT2D eigenvalue weighted by molar-refractivity contribution is -0.127. The van der Waals surface area contributed by atoms with E-state index in [4.69, 9.17) is 5.11 Å². The highest BCUT2D eigenvalue weighted by atomic mass is 32.2. The van der Waals surface area contributed by atoms with Crippen molar-refractivity contribution in [2.45, 2.75) is 24.5 Å². The Bertz CT molecular complexity index is 423. The first kappa shape index (κ1) is 15.1. The monoisotopic (exact) mass is 307 g/mol. The molecule has 0 aliphatic carbocycles. The molecule has 110 valence electrons. The molecule has 1 amide bonds. The van der Waals surface area contributed by atoms with Crippen molar-refractivity contribution in [3.63, 3.8) is 0 Å². The van der Waals surface area contributed by atoms with Gasteiger partial charge in [0.1, 0.15) is 0 Å². The van der Waals surface area contributed by atoms with Gasteiger partial charge in [0.2, 0.25) is 5.91 Å². The van der Waals surface area contributed by atoms with Crippen molar-refractivity contribution >= 4 is 27.5 Å². The molecule has 2 atom stereocenters. The van der Waals surface area contributed by atoms with E-state index in [1.165, 1.54) is 11.8 Å². The lowest BCUT2D eigenvalue weighted by Crippen LogP contribution is -2.31. The standard InChI is InChI=1S/C12H21NO4S2/c14-5-2-10-1-4-13(7-10)12(15)8-18-11-3-6-19(16,17)9-11/h10-11,14H,1-9H2. The van der Waals surface area contributed by atoms with E-state index in [-0.39, 0.29) is 29.3 Å². The number of rotatable bonds is 5. The molecule has 2 heterocycles. The molecule has 2 unspecified atom stereocenters. The summed E-state index contributed by atoms with van der Waals surface area (Å²) in [5, 5.41) is 8.97. The highest BCUT2D eigenvalue weighted by Gasteiger charge is 2.30. The minimum atomic E-state index is -2.85. The minimum Gasteiger partial charge on any atom is -0.396 e. The summed E-state index contributed by atoms with van der Waals surface area (Å²) in [5.74, 6) is 1.39. The van der Waals surface area contributed by atoms with Crippen molar-refractivity contribution in [1.82, 2.24) is 4.90 Å². The van der Waals surface area contributed by atoms with Gasteiger partial charge in [-0.05, 0) is 25.2 Å². The zero-order chi connectivity index (χ0) is 13.9. The second-order valence-corrected chi connectivity index (χ2v) is 8.86. The van der Waals surface area contributed by atoms with Gasteiger partial charge in [0.25, 0.3) is 0 Å². The molecule has 2 aliphatic heterocycles. The van der Waals surface area contributed by atoms with E-state index < -0.39 is 9.84 Å². The number of carbonyl (C=O) groups is 1. The summed E-state index contributed by atoms with van der Waals surface area (Å²) in [7, 11) is -2.85. The number of aliphatic hydroxyl groups is 1. The molecule has 0 aromatic rings. The normalized spacial score (nSPS) is 29.8. The van der Waals surface area contributed by atoms with Crippen molar-refractivity contribution in [2.24, 2.45) is 5.92 Å². The van der Waals surface area contributed by atoms with Crippen LogP contribution in [0.5, 0.6) is 0 Å². The Morgan fingerprint density at radius 2 is 2.16 bits per heavy atom. The maximum atomic E-state index is 12.0. The van der Waals surface area contributed by atoms with Crippen LogP contribution in [0.2, 0.25) is 0 Å². The largest absolute Gasteiger partial charge is 0.396 e. The van der Waals surface area contributed by atoms with Gasteiger partial charge in [-0.1, -0.05) is 0 Å². The summed E-state index contributed by atoms with van der Waals surface area (Å²) in [4.78, 5) is 13.9. The van der Waals surface area contributed by atoms with Gasteiger partial charge in [0.05, 0.1) is 17.3 Å². The summed E-state index contributed by atoms with van der Waals surface area (Å²) in [6.45, 7) is 1.69. The number of nitrogens with zero attached hydrogens (tertiary/aromatic N) is 1. The average molecular weight is 307 g/mol. The molecule has 2 aliphatic rings. The Hall–Kier alpha value is -0.270. The number of hydrogen-bond donors (Lipinski definition) is 1. The first-order chi connectivity index (χ1) is 9.00. The first-order valence-electron chi connectivity index (χ1n) is 6.71. The maximum Gasteiger partial charge on any atom is 0.232 e. The Morgan fingerprint density at radius 1 is 1.37 bits per heavy atom. The molecule has 0 spiro atoms. The van der Waals surface area contributed by atoms with Crippen LogP contribution in [0, 0.1) is 5.92 Å². The van der Waals surface area contributed by atoms with Gasteiger partial charge in [-0.3, -0.25) is 4.79 Å². The molecule has 7 heteroatoms. The molecule has 5 nitrogen and oxygen atoms in total. The number of carbonyl (C=O) groups excluding carboxylic acids is 1. The molecule has 0 aromatic heterocycles. The second-order valence-electron chi connectivity index (χ2n) is 5.34. The Labute approximate surface area is 118 Å². The van der Waals surface area contributed by atoms with Crippen LogP contribution in [-0.2, 0) is 14.6 Å². The molecule has 0 bridgehead atoms. The van der Waals surface area contributed by atoms with Crippen LogP contribution in [0.1, 0.15) is 19.3 Å². The van der Waals surface area contributed by atoms with Gasteiger partial charge in [-0.2, -0.15) is 0 Å². The third-order valence-corrected chi connectivity index (χ3v) is 7.08. The number of thioether (sulfide) groups is 1. The fraction of sp³-hybridized carbons (Fsp3) is 0.917. The number of amides is 1. The number of aliphatic hydroxyl groups excluding tert-OH is 1. The van der Waals surface area contributed by atoms with Gasteiger partial charge in [0, 0.05) is 24.9 Å². The van der Waals surface area contributed by atoms with Gasteiger partial charge in [0.15, 0.2) is 9.84 Å². The van der Waals surface area contributed by atoms with Crippen LogP contribution in [0.25, 0.3) is 0 Å². The van der Waals surface area contributed by atoms with Gasteiger partial charge < -0.3 is 10.0 Å². The number of sulfone groups is 1. The van der Waals surface area contributed by atoms with E-state index in [0.29, 0.717) is 18.1 Å². The maximum absolute atomic E-state index is 12.0. The highest BCUT2D eigenvalue weighted by molar-refractivity contribution is 8.02. The smallest absolute Gasteiger partial charge is 0.232 e. The van der Waals surface area contributed by atoms with Crippen LogP contribution in [0.15, 0.2) is 0 Å². The molecule has 1 N–H and O–H groups in total. The molecule has 2 saturated heterocycles. The van der Waals surface area contributed by atoms with E-state index in [2.05, 4.69) is 0 Å². The van der Waals surface area contributed by atoms with E-state index in [1.54, 1.807) is 0 Å². The molecule has 0 saturated carbocycles. The SMILES string of the molecule is O=C(CSC1CCS(=O)(=O)C1)N1CCC(CCO)C1. The van der Waals surface area contributed by atoms with Crippen LogP contribution in [0.4, 0.5) is 0 Å². The third kappa shape index (κ3) is 4.36. The predicted molar refractivity (Wildman–Crippen MR) is 75.9 cm³/mol. The fourth-order valence-corrected chi connectivity index (χ4v) is 6.20. The second kappa shape index (κ2) is 6.45. The number of likely N-dealkylation sites (tertiary alicyclic amines) is 1. The quantitative estimate of drug-likeness (QED) is 0.782. The molecule has 19 heavy (non-hydrogen) atoms. The van der Waals surface area contributed by atoms with Crippen LogP contribution >= 0.6 is 11.8 Å². The van der Waals surface area contributed by atoms with Crippen LogP contribution in [0.3, 0.4) is 0 Å². The molecule has 2 fully saturated rings. The van der Waals surface area contributed by atoms with Crippen molar-refractivity contribution in [2.75, 3.05) is 37.0 Å². The summed E-state index contributed by atoms with van der Waals surface area (Å²) >= 11 is 1.48. The zero-order valence-electron chi connectivity index (χ0n) is 11.0. The summed E-state index contributed by atoms with van der Waals surface area (Å²) < 4.78 is 22.6. The van der Waals surface area contributed by atoms with Gasteiger partial charge >= 0.3 is 0 Å². The lowest BCUT2D eigenvalue weighted by Gasteiger charge is -2.17. The van der Waals surface area contributed by atoms with Crippen molar-refractivity contribution in [3.8, 4) is 0 Å². The van der Waals surface area contributed by atoms with E-state index >= 15 is 0 Å². The molecular weight excluding hydrogens is 286 g/mol. The van der Waals surface area contributed by atoms with Crippen molar-refractivity contribution in [1.29, 1.82) is 0 Å². The molecule has 2 rings (SSSR count). The van der Waals surface area contributed by atoms with Crippen LogP contribution in [-0.4, -0.2) is 66.5 Å². The fourth-order valence-electron chi connectivity index (χ4n) is 2.65. The highest BCUT2D eigenvalue weighted by Crippen LogP contribution is 2.26.